The van der Waals surface area contributed by atoms with Crippen LogP contribution in [0.5, 0.6) is 0 Å². The van der Waals surface area contributed by atoms with Gasteiger partial charge in [-0.3, -0.25) is 4.72 Å². The molecule has 6 nitrogen and oxygen atoms in total. The van der Waals surface area contributed by atoms with E-state index in [-0.39, 0.29) is 17.3 Å². The zero-order valence-electron chi connectivity index (χ0n) is 14.4. The number of nitrogens with one attached hydrogen (secondary N) is 1. The number of ether oxygens (including phenoxy) is 1. The third kappa shape index (κ3) is 3.52. The van der Waals surface area contributed by atoms with Gasteiger partial charge in [0.25, 0.3) is 10.0 Å². The Morgan fingerprint density at radius 2 is 1.81 bits per heavy atom. The smallest absolute Gasteiger partial charge is 0.338 e. The van der Waals surface area contributed by atoms with Crippen LogP contribution in [0.2, 0.25) is 0 Å². The molecule has 0 aliphatic rings. The average Bonchev–Trinajstić information content (AvgIpc) is 2.64. The van der Waals surface area contributed by atoms with Crippen molar-refractivity contribution in [2.45, 2.75) is 18.7 Å². The van der Waals surface area contributed by atoms with Crippen LogP contribution in [-0.2, 0) is 14.8 Å². The summed E-state index contributed by atoms with van der Waals surface area (Å²) < 4.78 is 32.7. The van der Waals surface area contributed by atoms with Crippen molar-refractivity contribution in [2.75, 3.05) is 11.3 Å². The highest BCUT2D eigenvalue weighted by Crippen LogP contribution is 2.25. The fraction of sp³-hybridized carbons (Fsp3) is 0.158. The number of aromatic nitrogens is 1. The Kier molecular flexibility index (Phi) is 4.90. The first-order chi connectivity index (χ1) is 12.4. The number of esters is 1. The molecule has 134 valence electrons. The van der Waals surface area contributed by atoms with Crippen molar-refractivity contribution < 1.29 is 17.9 Å². The summed E-state index contributed by atoms with van der Waals surface area (Å²) in [6.07, 6.45) is 1.63. The highest BCUT2D eigenvalue weighted by atomic mass is 32.2. The first-order valence-electron chi connectivity index (χ1n) is 8.06. The van der Waals surface area contributed by atoms with Crippen molar-refractivity contribution in [2.24, 2.45) is 0 Å². The van der Waals surface area contributed by atoms with Crippen molar-refractivity contribution in [3.8, 4) is 0 Å². The molecule has 0 atom stereocenters. The average molecular weight is 370 g/mol. The molecule has 0 radical (unpaired) electrons. The molecular weight excluding hydrogens is 352 g/mol. The van der Waals surface area contributed by atoms with E-state index in [0.29, 0.717) is 5.56 Å². The van der Waals surface area contributed by atoms with Crippen molar-refractivity contribution in [3.05, 3.63) is 65.9 Å². The number of carbonyl (C=O) groups excluding carboxylic acids is 1. The van der Waals surface area contributed by atoms with Gasteiger partial charge in [0.1, 0.15) is 5.82 Å². The van der Waals surface area contributed by atoms with Gasteiger partial charge < -0.3 is 4.74 Å². The number of carbonyl (C=O) groups is 1. The Bertz CT molecular complexity index is 1060. The number of benzene rings is 2. The van der Waals surface area contributed by atoms with Crippen LogP contribution in [-0.4, -0.2) is 26.0 Å². The third-order valence-electron chi connectivity index (χ3n) is 3.96. The zero-order valence-corrected chi connectivity index (χ0v) is 15.2. The molecule has 3 rings (SSSR count). The van der Waals surface area contributed by atoms with Crippen LogP contribution in [0, 0.1) is 6.92 Å². The number of nitrogens with zero attached hydrogens (tertiary/aromatic N) is 1. The van der Waals surface area contributed by atoms with E-state index in [4.69, 9.17) is 4.74 Å². The van der Waals surface area contributed by atoms with Gasteiger partial charge in [0.15, 0.2) is 0 Å². The Morgan fingerprint density at radius 1 is 1.12 bits per heavy atom. The highest BCUT2D eigenvalue weighted by Gasteiger charge is 2.18. The van der Waals surface area contributed by atoms with Crippen LogP contribution in [0.4, 0.5) is 5.82 Å². The van der Waals surface area contributed by atoms with E-state index in [0.717, 1.165) is 16.3 Å². The van der Waals surface area contributed by atoms with Crippen molar-refractivity contribution in [1.29, 1.82) is 0 Å². The predicted molar refractivity (Wildman–Crippen MR) is 99.7 cm³/mol. The number of pyridine rings is 1. The van der Waals surface area contributed by atoms with Crippen LogP contribution in [0.15, 0.2) is 59.6 Å². The molecule has 0 aliphatic heterocycles. The summed E-state index contributed by atoms with van der Waals surface area (Å²) in [6.45, 7) is 3.78. The molecule has 1 heterocycles. The molecule has 0 aliphatic carbocycles. The second-order valence-corrected chi connectivity index (χ2v) is 7.35. The highest BCUT2D eigenvalue weighted by molar-refractivity contribution is 7.92. The van der Waals surface area contributed by atoms with Crippen LogP contribution in [0.25, 0.3) is 10.8 Å². The van der Waals surface area contributed by atoms with Gasteiger partial charge in [-0.2, -0.15) is 0 Å². The summed E-state index contributed by atoms with van der Waals surface area (Å²) in [4.78, 5) is 15.9. The molecule has 0 amide bonds. The van der Waals surface area contributed by atoms with Gasteiger partial charge in [0.2, 0.25) is 0 Å². The topological polar surface area (TPSA) is 85.4 Å². The first kappa shape index (κ1) is 17.9. The Hall–Kier alpha value is -2.93. The fourth-order valence-corrected chi connectivity index (χ4v) is 3.66. The molecule has 7 heteroatoms. The summed E-state index contributed by atoms with van der Waals surface area (Å²) in [5.74, 6) is -0.213. The molecule has 0 unspecified atom stereocenters. The Balaban J connectivity index is 1.89. The van der Waals surface area contributed by atoms with Crippen molar-refractivity contribution in [1.82, 2.24) is 4.98 Å². The lowest BCUT2D eigenvalue weighted by Gasteiger charge is -2.12. The minimum absolute atomic E-state index is 0.0416. The Labute approximate surface area is 151 Å². The molecule has 3 aromatic rings. The molecule has 26 heavy (non-hydrogen) atoms. The normalized spacial score (nSPS) is 11.3. The SMILES string of the molecule is CCOC(=O)c1ccc(S(=O)(=O)Nc2ncc3ccccc3c2C)cc1. The van der Waals surface area contributed by atoms with Gasteiger partial charge in [-0.15, -0.1) is 0 Å². The van der Waals surface area contributed by atoms with E-state index in [1.807, 2.05) is 31.2 Å². The number of hydrogen-bond donors (Lipinski definition) is 1. The largest absolute Gasteiger partial charge is 0.462 e. The maximum atomic E-state index is 12.6. The van der Waals surface area contributed by atoms with Crippen LogP contribution < -0.4 is 4.72 Å². The van der Waals surface area contributed by atoms with E-state index in [1.54, 1.807) is 13.1 Å². The first-order valence-corrected chi connectivity index (χ1v) is 9.55. The lowest BCUT2D eigenvalue weighted by atomic mass is 10.1. The summed E-state index contributed by atoms with van der Waals surface area (Å²) in [5.41, 5.74) is 1.04. The molecule has 0 spiro atoms. The molecule has 0 saturated carbocycles. The number of sulfonamides is 1. The summed E-state index contributed by atoms with van der Waals surface area (Å²) >= 11 is 0. The summed E-state index contributed by atoms with van der Waals surface area (Å²) in [6, 6.07) is 13.2. The van der Waals surface area contributed by atoms with Crippen LogP contribution in [0.3, 0.4) is 0 Å². The zero-order chi connectivity index (χ0) is 18.7. The number of rotatable bonds is 5. The number of anilines is 1. The standard InChI is InChI=1S/C19H18N2O4S/c1-3-25-19(22)14-8-10-16(11-9-14)26(23,24)21-18-13(2)17-7-5-4-6-15(17)12-20-18/h4-12H,3H2,1-2H3,(H,20,21). The number of fused-ring (bicyclic) bond motifs is 1. The quantitative estimate of drug-likeness (QED) is 0.695. The minimum Gasteiger partial charge on any atom is -0.462 e. The fourth-order valence-electron chi connectivity index (χ4n) is 2.58. The third-order valence-corrected chi connectivity index (χ3v) is 5.31. The van der Waals surface area contributed by atoms with E-state index < -0.39 is 16.0 Å². The molecule has 2 aromatic carbocycles. The van der Waals surface area contributed by atoms with Crippen molar-refractivity contribution >= 4 is 32.6 Å². The van der Waals surface area contributed by atoms with Crippen molar-refractivity contribution in [3.63, 3.8) is 0 Å². The van der Waals surface area contributed by atoms with E-state index in [1.165, 1.54) is 24.3 Å². The maximum absolute atomic E-state index is 12.6. The van der Waals surface area contributed by atoms with E-state index >= 15 is 0 Å². The Morgan fingerprint density at radius 3 is 2.50 bits per heavy atom. The second kappa shape index (κ2) is 7.13. The number of aryl methyl sites for hydroxylation is 1. The molecule has 0 bridgehead atoms. The molecular formula is C19H18N2O4S. The van der Waals surface area contributed by atoms with Gasteiger partial charge in [-0.05, 0) is 43.5 Å². The van der Waals surface area contributed by atoms with Gasteiger partial charge in [-0.1, -0.05) is 24.3 Å². The van der Waals surface area contributed by atoms with Gasteiger partial charge in [-0.25, -0.2) is 18.2 Å². The van der Waals surface area contributed by atoms with E-state index in [2.05, 4.69) is 9.71 Å². The second-order valence-electron chi connectivity index (χ2n) is 5.67. The van der Waals surface area contributed by atoms with E-state index in [9.17, 15) is 13.2 Å². The van der Waals surface area contributed by atoms with Crippen LogP contribution >= 0.6 is 0 Å². The summed E-state index contributed by atoms with van der Waals surface area (Å²) in [7, 11) is -3.82. The molecule has 0 fully saturated rings. The maximum Gasteiger partial charge on any atom is 0.338 e. The molecule has 1 aromatic heterocycles. The lowest BCUT2D eigenvalue weighted by Crippen LogP contribution is -2.15. The van der Waals surface area contributed by atoms with Gasteiger partial charge in [0, 0.05) is 17.1 Å². The monoisotopic (exact) mass is 370 g/mol. The minimum atomic E-state index is -3.82. The van der Waals surface area contributed by atoms with Crippen LogP contribution in [0.1, 0.15) is 22.8 Å². The summed E-state index contributed by atoms with van der Waals surface area (Å²) in [5, 5.41) is 1.87. The number of hydrogen-bond acceptors (Lipinski definition) is 5. The predicted octanol–water partition coefficient (Wildman–Crippen LogP) is 3.52. The molecule has 1 N–H and O–H groups in total. The van der Waals surface area contributed by atoms with Gasteiger partial charge >= 0.3 is 5.97 Å². The molecule has 0 saturated heterocycles. The van der Waals surface area contributed by atoms with Gasteiger partial charge in [0.05, 0.1) is 17.1 Å². The lowest BCUT2D eigenvalue weighted by molar-refractivity contribution is 0.0526.